The van der Waals surface area contributed by atoms with Crippen LogP contribution < -0.4 is 9.47 Å². The van der Waals surface area contributed by atoms with E-state index < -0.39 is 17.7 Å². The molecule has 2 aromatic rings. The van der Waals surface area contributed by atoms with Crippen LogP contribution in [-0.2, 0) is 14.3 Å². The van der Waals surface area contributed by atoms with Crippen molar-refractivity contribution in [2.75, 3.05) is 52.6 Å². The van der Waals surface area contributed by atoms with E-state index in [4.69, 9.17) is 14.2 Å². The number of morpholine rings is 1. The minimum Gasteiger partial charge on any atom is -0.507 e. The van der Waals surface area contributed by atoms with Gasteiger partial charge in [-0.3, -0.25) is 14.5 Å². The van der Waals surface area contributed by atoms with Crippen LogP contribution in [0.2, 0.25) is 0 Å². The number of hydrogen-bond acceptors (Lipinski definition) is 7. The summed E-state index contributed by atoms with van der Waals surface area (Å²) in [6.07, 6.45) is 3.86. The second kappa shape index (κ2) is 14.1. The summed E-state index contributed by atoms with van der Waals surface area (Å²) in [6.45, 7) is 9.50. The third kappa shape index (κ3) is 7.19. The van der Waals surface area contributed by atoms with Crippen LogP contribution in [0.3, 0.4) is 0 Å². The number of rotatable bonds is 13. The first kappa shape index (κ1) is 28.6. The first-order valence-corrected chi connectivity index (χ1v) is 14.1. The Hall–Kier alpha value is -3.36. The molecule has 1 unspecified atom stereocenters. The molecule has 0 spiro atoms. The van der Waals surface area contributed by atoms with E-state index in [2.05, 4.69) is 11.8 Å². The summed E-state index contributed by atoms with van der Waals surface area (Å²) in [5.41, 5.74) is 1.29. The van der Waals surface area contributed by atoms with Gasteiger partial charge in [0.15, 0.2) is 0 Å². The predicted octanol–water partition coefficient (Wildman–Crippen LogP) is 4.80. The molecule has 0 aliphatic carbocycles. The minimum absolute atomic E-state index is 0.0960. The van der Waals surface area contributed by atoms with Crippen LogP contribution in [0.15, 0.2) is 54.1 Å². The number of hydrogen-bond donors (Lipinski definition) is 1. The van der Waals surface area contributed by atoms with Gasteiger partial charge in [-0.05, 0) is 61.7 Å². The van der Waals surface area contributed by atoms with Crippen molar-refractivity contribution in [1.29, 1.82) is 0 Å². The van der Waals surface area contributed by atoms with Crippen molar-refractivity contribution in [1.82, 2.24) is 9.80 Å². The molecular weight excluding hydrogens is 496 g/mol. The lowest BCUT2D eigenvalue weighted by Gasteiger charge is -2.29. The average Bonchev–Trinajstić information content (AvgIpc) is 3.21. The molecule has 1 amide bonds. The summed E-state index contributed by atoms with van der Waals surface area (Å²) in [4.78, 5) is 30.6. The van der Waals surface area contributed by atoms with Crippen LogP contribution in [0.25, 0.3) is 5.76 Å². The summed E-state index contributed by atoms with van der Waals surface area (Å²) < 4.78 is 16.9. The lowest BCUT2D eigenvalue weighted by atomic mass is 9.95. The lowest BCUT2D eigenvalue weighted by molar-refractivity contribution is -0.140. The average molecular weight is 537 g/mol. The maximum Gasteiger partial charge on any atom is 0.295 e. The number of unbranched alkanes of at least 4 members (excludes halogenated alkanes) is 2. The largest absolute Gasteiger partial charge is 0.507 e. The molecule has 2 aliphatic rings. The zero-order chi connectivity index (χ0) is 27.6. The topological polar surface area (TPSA) is 88.5 Å². The van der Waals surface area contributed by atoms with Gasteiger partial charge >= 0.3 is 0 Å². The third-order valence-electron chi connectivity index (χ3n) is 7.15. The van der Waals surface area contributed by atoms with E-state index in [1.54, 1.807) is 29.2 Å². The predicted molar refractivity (Wildman–Crippen MR) is 150 cm³/mol. The SMILES string of the molecule is CCCCCOc1cccc(C2C(=C(O)c3ccc(OCC)cc3)C(=O)C(=O)N2CCCN2CCOCC2)c1. The number of ketones is 1. The molecule has 1 atom stereocenters. The molecule has 0 bridgehead atoms. The fraction of sp³-hybridized carbons (Fsp3) is 0.484. The number of Topliss-reactive ketones (excluding diaryl/α,β-unsaturated/α-hetero) is 1. The standard InChI is InChI=1S/C31H40N2O6/c1-3-5-6-19-39-26-10-7-9-24(22-26)28-27(29(34)23-11-13-25(14-12-23)38-4-2)30(35)31(36)33(28)16-8-15-32-17-20-37-21-18-32/h7,9-14,22,28,34H,3-6,8,15-21H2,1-2H3. The minimum atomic E-state index is -0.708. The van der Waals surface area contributed by atoms with Crippen molar-refractivity contribution in [3.8, 4) is 11.5 Å². The summed E-state index contributed by atoms with van der Waals surface area (Å²) in [5, 5.41) is 11.4. The molecule has 0 saturated carbocycles. The van der Waals surface area contributed by atoms with Gasteiger partial charge in [-0.15, -0.1) is 0 Å². The third-order valence-corrected chi connectivity index (χ3v) is 7.15. The zero-order valence-electron chi connectivity index (χ0n) is 23.1. The van der Waals surface area contributed by atoms with E-state index in [0.717, 1.165) is 44.5 Å². The second-order valence-corrected chi connectivity index (χ2v) is 9.89. The molecule has 0 aromatic heterocycles. The fourth-order valence-corrected chi connectivity index (χ4v) is 5.09. The van der Waals surface area contributed by atoms with Gasteiger partial charge in [0.1, 0.15) is 17.3 Å². The molecule has 210 valence electrons. The first-order valence-electron chi connectivity index (χ1n) is 14.1. The Balaban J connectivity index is 1.64. The maximum absolute atomic E-state index is 13.4. The molecule has 39 heavy (non-hydrogen) atoms. The van der Waals surface area contributed by atoms with Gasteiger partial charge in [-0.25, -0.2) is 0 Å². The van der Waals surface area contributed by atoms with Crippen molar-refractivity contribution in [3.05, 3.63) is 65.2 Å². The van der Waals surface area contributed by atoms with Gasteiger partial charge in [0.2, 0.25) is 0 Å². The van der Waals surface area contributed by atoms with E-state index in [-0.39, 0.29) is 11.3 Å². The summed E-state index contributed by atoms with van der Waals surface area (Å²) in [6, 6.07) is 13.7. The lowest BCUT2D eigenvalue weighted by Crippen LogP contribution is -2.38. The van der Waals surface area contributed by atoms with E-state index in [9.17, 15) is 14.7 Å². The number of carbonyl (C=O) groups is 2. The molecule has 1 N–H and O–H groups in total. The molecular formula is C31H40N2O6. The van der Waals surface area contributed by atoms with E-state index in [1.165, 1.54) is 0 Å². The van der Waals surface area contributed by atoms with Gasteiger partial charge in [0, 0.05) is 31.7 Å². The highest BCUT2D eigenvalue weighted by molar-refractivity contribution is 6.46. The number of ether oxygens (including phenoxy) is 3. The Labute approximate surface area is 231 Å². The Morgan fingerprint density at radius 3 is 2.44 bits per heavy atom. The number of likely N-dealkylation sites (tertiary alicyclic amines) is 1. The number of carbonyl (C=O) groups excluding carboxylic acids is 2. The maximum atomic E-state index is 13.4. The highest BCUT2D eigenvalue weighted by Gasteiger charge is 2.46. The summed E-state index contributed by atoms with van der Waals surface area (Å²) in [5.74, 6) is -0.104. The van der Waals surface area contributed by atoms with Crippen LogP contribution in [0.5, 0.6) is 11.5 Å². The Bertz CT molecular complexity index is 1140. The molecule has 2 heterocycles. The van der Waals surface area contributed by atoms with Gasteiger partial charge in [-0.2, -0.15) is 0 Å². The Kier molecular flexibility index (Phi) is 10.4. The zero-order valence-corrected chi connectivity index (χ0v) is 23.1. The van der Waals surface area contributed by atoms with Crippen LogP contribution >= 0.6 is 0 Å². The van der Waals surface area contributed by atoms with Crippen LogP contribution in [0, 0.1) is 0 Å². The number of aliphatic hydroxyl groups is 1. The highest BCUT2D eigenvalue weighted by Crippen LogP contribution is 2.40. The molecule has 2 aliphatic heterocycles. The van der Waals surface area contributed by atoms with Crippen molar-refractivity contribution >= 4 is 17.4 Å². The highest BCUT2D eigenvalue weighted by atomic mass is 16.5. The molecule has 8 nitrogen and oxygen atoms in total. The number of benzene rings is 2. The molecule has 8 heteroatoms. The first-order chi connectivity index (χ1) is 19.0. The van der Waals surface area contributed by atoms with E-state index in [1.807, 2.05) is 31.2 Å². The van der Waals surface area contributed by atoms with Crippen molar-refractivity contribution in [2.24, 2.45) is 0 Å². The monoisotopic (exact) mass is 536 g/mol. The number of aliphatic hydroxyl groups excluding tert-OH is 1. The molecule has 4 rings (SSSR count). The number of amides is 1. The fourth-order valence-electron chi connectivity index (χ4n) is 5.09. The van der Waals surface area contributed by atoms with Crippen LogP contribution in [-0.4, -0.2) is 79.2 Å². The molecule has 2 fully saturated rings. The Morgan fingerprint density at radius 1 is 0.949 bits per heavy atom. The normalized spacial score (nSPS) is 19.4. The van der Waals surface area contributed by atoms with Gasteiger partial charge in [0.05, 0.1) is 38.0 Å². The quantitative estimate of drug-likeness (QED) is 0.170. The van der Waals surface area contributed by atoms with Gasteiger partial charge in [0.25, 0.3) is 11.7 Å². The van der Waals surface area contributed by atoms with E-state index >= 15 is 0 Å². The van der Waals surface area contributed by atoms with Crippen LogP contribution in [0.1, 0.15) is 56.7 Å². The molecule has 2 aromatic carbocycles. The molecule has 0 radical (unpaired) electrons. The van der Waals surface area contributed by atoms with Crippen LogP contribution in [0.4, 0.5) is 0 Å². The van der Waals surface area contributed by atoms with E-state index in [0.29, 0.717) is 56.5 Å². The Morgan fingerprint density at radius 2 is 1.72 bits per heavy atom. The second-order valence-electron chi connectivity index (χ2n) is 9.89. The summed E-state index contributed by atoms with van der Waals surface area (Å²) >= 11 is 0. The smallest absolute Gasteiger partial charge is 0.295 e. The summed E-state index contributed by atoms with van der Waals surface area (Å²) in [7, 11) is 0. The molecule has 2 saturated heterocycles. The van der Waals surface area contributed by atoms with Gasteiger partial charge < -0.3 is 24.2 Å². The van der Waals surface area contributed by atoms with Crippen molar-refractivity contribution in [3.63, 3.8) is 0 Å². The number of nitrogens with zero attached hydrogens (tertiary/aromatic N) is 2. The van der Waals surface area contributed by atoms with Gasteiger partial charge in [-0.1, -0.05) is 31.9 Å². The van der Waals surface area contributed by atoms with Crippen molar-refractivity contribution in [2.45, 2.75) is 45.6 Å². The van der Waals surface area contributed by atoms with Crippen molar-refractivity contribution < 1.29 is 28.9 Å².